The fourth-order valence-corrected chi connectivity index (χ4v) is 5.45. The van der Waals surface area contributed by atoms with Gasteiger partial charge >= 0.3 is 5.97 Å². The molecule has 3 atom stereocenters. The highest BCUT2D eigenvalue weighted by atomic mass is 16.4. The molecule has 1 fully saturated rings. The van der Waals surface area contributed by atoms with Crippen molar-refractivity contribution in [1.82, 2.24) is 5.32 Å². The Morgan fingerprint density at radius 1 is 1.09 bits per heavy atom. The number of carboxylic acids is 1. The van der Waals surface area contributed by atoms with Crippen molar-refractivity contribution in [2.45, 2.75) is 76.8 Å². The minimum Gasteiger partial charge on any atom is -0.480 e. The molecule has 0 spiro atoms. The van der Waals surface area contributed by atoms with E-state index in [4.69, 9.17) is 0 Å². The number of para-hydroxylation sites is 1. The number of benzene rings is 2. The molecule has 1 amide bonds. The normalized spacial score (nSPS) is 22.2. The summed E-state index contributed by atoms with van der Waals surface area (Å²) in [6.45, 7) is 2.06. The molecule has 2 aromatic carbocycles. The molecule has 4 rings (SSSR count). The average Bonchev–Trinajstić information content (AvgIpc) is 2.94. The summed E-state index contributed by atoms with van der Waals surface area (Å²) in [6, 6.07) is 15.0. The highest BCUT2D eigenvalue weighted by Gasteiger charge is 2.35. The van der Waals surface area contributed by atoms with E-state index >= 15 is 0 Å². The standard InChI is InChI=1S/C28H36N2O3/c1-19-11-13-21(14-12-19)17-23-18-22-9-5-6-10-24(22)30-27(31)26(23)29-25(28(32)33)16-15-20-7-3-2-4-8-20/h5-6,9-14,20,23,25-26,29H,2-4,7-8,15-18H2,1H3,(H,30,31)(H,32,33)/t23?,25-,26?/m0/s1. The number of aryl methyl sites for hydroxylation is 1. The largest absolute Gasteiger partial charge is 0.480 e. The Balaban J connectivity index is 1.54. The fraction of sp³-hybridized carbons (Fsp3) is 0.500. The minimum atomic E-state index is -0.866. The van der Waals surface area contributed by atoms with E-state index in [0.29, 0.717) is 18.8 Å². The van der Waals surface area contributed by atoms with Gasteiger partial charge in [0.1, 0.15) is 6.04 Å². The zero-order chi connectivity index (χ0) is 23.2. The topological polar surface area (TPSA) is 78.4 Å². The molecule has 2 aromatic rings. The van der Waals surface area contributed by atoms with Crippen LogP contribution in [0.15, 0.2) is 48.5 Å². The fourth-order valence-electron chi connectivity index (χ4n) is 5.45. The molecule has 1 saturated carbocycles. The third-order valence-corrected chi connectivity index (χ3v) is 7.40. The van der Waals surface area contributed by atoms with Crippen molar-refractivity contribution in [3.8, 4) is 0 Å². The first-order chi connectivity index (χ1) is 16.0. The molecule has 1 aliphatic heterocycles. The number of aliphatic carboxylic acids is 1. The Labute approximate surface area is 197 Å². The van der Waals surface area contributed by atoms with Crippen LogP contribution in [-0.2, 0) is 22.4 Å². The van der Waals surface area contributed by atoms with E-state index in [1.807, 2.05) is 18.2 Å². The lowest BCUT2D eigenvalue weighted by molar-refractivity contribution is -0.140. The highest BCUT2D eigenvalue weighted by Crippen LogP contribution is 2.30. The number of amides is 1. The van der Waals surface area contributed by atoms with Gasteiger partial charge in [-0.2, -0.15) is 0 Å². The molecular weight excluding hydrogens is 412 g/mol. The van der Waals surface area contributed by atoms with Gasteiger partial charge in [-0.25, -0.2) is 0 Å². The van der Waals surface area contributed by atoms with E-state index in [1.54, 1.807) is 0 Å². The van der Waals surface area contributed by atoms with E-state index in [1.165, 1.54) is 43.2 Å². The number of carbonyl (C=O) groups excluding carboxylic acids is 1. The monoisotopic (exact) mass is 448 g/mol. The van der Waals surface area contributed by atoms with Crippen molar-refractivity contribution < 1.29 is 14.7 Å². The summed E-state index contributed by atoms with van der Waals surface area (Å²) in [6.07, 6.45) is 9.08. The Morgan fingerprint density at radius 2 is 1.82 bits per heavy atom. The van der Waals surface area contributed by atoms with Crippen molar-refractivity contribution in [3.05, 3.63) is 65.2 Å². The summed E-state index contributed by atoms with van der Waals surface area (Å²) in [5, 5.41) is 16.3. The van der Waals surface area contributed by atoms with Crippen LogP contribution in [-0.4, -0.2) is 29.1 Å². The first kappa shape index (κ1) is 23.5. The summed E-state index contributed by atoms with van der Waals surface area (Å²) < 4.78 is 0. The van der Waals surface area contributed by atoms with Crippen LogP contribution < -0.4 is 10.6 Å². The average molecular weight is 449 g/mol. The third kappa shape index (κ3) is 6.23. The number of hydrogen-bond donors (Lipinski definition) is 3. The van der Waals surface area contributed by atoms with Gasteiger partial charge in [0, 0.05) is 5.69 Å². The molecule has 3 N–H and O–H groups in total. The summed E-state index contributed by atoms with van der Waals surface area (Å²) in [5.41, 5.74) is 4.29. The van der Waals surface area contributed by atoms with Crippen LogP contribution in [0.25, 0.3) is 0 Å². The molecule has 33 heavy (non-hydrogen) atoms. The predicted molar refractivity (Wildman–Crippen MR) is 131 cm³/mol. The van der Waals surface area contributed by atoms with Crippen LogP contribution in [0.5, 0.6) is 0 Å². The molecule has 2 aliphatic rings. The third-order valence-electron chi connectivity index (χ3n) is 7.40. The van der Waals surface area contributed by atoms with Gasteiger partial charge in [-0.3, -0.25) is 14.9 Å². The van der Waals surface area contributed by atoms with Crippen LogP contribution in [0.4, 0.5) is 5.69 Å². The maximum atomic E-state index is 13.3. The van der Waals surface area contributed by atoms with Crippen molar-refractivity contribution in [2.24, 2.45) is 11.8 Å². The molecule has 5 heteroatoms. The quantitative estimate of drug-likeness (QED) is 0.524. The van der Waals surface area contributed by atoms with E-state index in [9.17, 15) is 14.7 Å². The van der Waals surface area contributed by atoms with E-state index in [-0.39, 0.29) is 11.8 Å². The lowest BCUT2D eigenvalue weighted by atomic mass is 9.84. The highest BCUT2D eigenvalue weighted by molar-refractivity contribution is 5.97. The van der Waals surface area contributed by atoms with E-state index in [0.717, 1.165) is 24.1 Å². The predicted octanol–water partition coefficient (Wildman–Crippen LogP) is 5.12. The maximum Gasteiger partial charge on any atom is 0.320 e. The number of rotatable bonds is 8. The smallest absolute Gasteiger partial charge is 0.320 e. The minimum absolute atomic E-state index is 0.0344. The summed E-state index contributed by atoms with van der Waals surface area (Å²) >= 11 is 0. The summed E-state index contributed by atoms with van der Waals surface area (Å²) in [7, 11) is 0. The molecule has 2 unspecified atom stereocenters. The Morgan fingerprint density at radius 3 is 2.55 bits per heavy atom. The summed E-state index contributed by atoms with van der Waals surface area (Å²) in [4.78, 5) is 25.5. The Kier molecular flexibility index (Phi) is 7.81. The second kappa shape index (κ2) is 11.0. The van der Waals surface area contributed by atoms with Gasteiger partial charge in [-0.1, -0.05) is 80.1 Å². The zero-order valence-electron chi connectivity index (χ0n) is 19.6. The van der Waals surface area contributed by atoms with E-state index < -0.39 is 18.1 Å². The molecule has 0 saturated heterocycles. The van der Waals surface area contributed by atoms with Crippen molar-refractivity contribution in [1.29, 1.82) is 0 Å². The number of carboxylic acid groups (broad SMARTS) is 1. The van der Waals surface area contributed by atoms with Gasteiger partial charge in [-0.05, 0) is 61.6 Å². The number of hydrogen-bond acceptors (Lipinski definition) is 3. The van der Waals surface area contributed by atoms with Gasteiger partial charge in [0.2, 0.25) is 5.91 Å². The van der Waals surface area contributed by atoms with E-state index in [2.05, 4.69) is 47.9 Å². The van der Waals surface area contributed by atoms with Gasteiger partial charge in [-0.15, -0.1) is 0 Å². The van der Waals surface area contributed by atoms with Crippen LogP contribution in [0, 0.1) is 18.8 Å². The SMILES string of the molecule is Cc1ccc(CC2Cc3ccccc3NC(=O)C2N[C@@H](CCC2CCCCC2)C(=O)O)cc1. The molecule has 0 radical (unpaired) electrons. The van der Waals surface area contributed by atoms with Crippen LogP contribution in [0.3, 0.4) is 0 Å². The number of anilines is 1. The van der Waals surface area contributed by atoms with Crippen molar-refractivity contribution in [2.75, 3.05) is 5.32 Å². The number of carbonyl (C=O) groups is 2. The van der Waals surface area contributed by atoms with Gasteiger partial charge in [0.25, 0.3) is 0 Å². The second-order valence-electron chi connectivity index (χ2n) is 9.92. The summed E-state index contributed by atoms with van der Waals surface area (Å²) in [5.74, 6) is -0.429. The number of fused-ring (bicyclic) bond motifs is 1. The molecule has 0 bridgehead atoms. The van der Waals surface area contributed by atoms with Crippen LogP contribution in [0.1, 0.15) is 61.6 Å². The van der Waals surface area contributed by atoms with Crippen molar-refractivity contribution >= 4 is 17.6 Å². The lowest BCUT2D eigenvalue weighted by Gasteiger charge is -2.29. The first-order valence-corrected chi connectivity index (χ1v) is 12.4. The van der Waals surface area contributed by atoms with Gasteiger partial charge in [0.05, 0.1) is 6.04 Å². The second-order valence-corrected chi connectivity index (χ2v) is 9.92. The lowest BCUT2D eigenvalue weighted by Crippen LogP contribution is -2.52. The Hall–Kier alpha value is -2.66. The van der Waals surface area contributed by atoms with Crippen LogP contribution >= 0.6 is 0 Å². The molecule has 1 heterocycles. The number of nitrogens with one attached hydrogen (secondary N) is 2. The Bertz CT molecular complexity index is 950. The first-order valence-electron chi connectivity index (χ1n) is 12.4. The molecular formula is C28H36N2O3. The molecule has 176 valence electrons. The van der Waals surface area contributed by atoms with Gasteiger partial charge < -0.3 is 10.4 Å². The molecule has 1 aliphatic carbocycles. The van der Waals surface area contributed by atoms with Crippen LogP contribution in [0.2, 0.25) is 0 Å². The van der Waals surface area contributed by atoms with Gasteiger partial charge in [0.15, 0.2) is 0 Å². The van der Waals surface area contributed by atoms with Crippen molar-refractivity contribution in [3.63, 3.8) is 0 Å². The molecule has 0 aromatic heterocycles. The maximum absolute atomic E-state index is 13.3. The zero-order valence-corrected chi connectivity index (χ0v) is 19.6. The molecule has 5 nitrogen and oxygen atoms in total.